The van der Waals surface area contributed by atoms with Crippen LogP contribution in [-0.4, -0.2) is 41.3 Å². The van der Waals surface area contributed by atoms with E-state index >= 15 is 0 Å². The summed E-state index contributed by atoms with van der Waals surface area (Å²) in [6.07, 6.45) is 0.744. The summed E-state index contributed by atoms with van der Waals surface area (Å²) in [5, 5.41) is 9.50. The second-order valence-electron chi connectivity index (χ2n) is 6.18. The maximum Gasteiger partial charge on any atom is 0.359 e. The van der Waals surface area contributed by atoms with Crippen LogP contribution in [0.4, 0.5) is 5.00 Å². The molecule has 0 aliphatic heterocycles. The number of ether oxygens (including phenoxy) is 2. The van der Waals surface area contributed by atoms with Crippen molar-refractivity contribution in [2.75, 3.05) is 24.9 Å². The van der Waals surface area contributed by atoms with Gasteiger partial charge >= 0.3 is 5.97 Å². The Labute approximate surface area is 181 Å². The second-order valence-corrected chi connectivity index (χ2v) is 7.44. The number of halogens is 1. The maximum atomic E-state index is 13.2. The lowest BCUT2D eigenvalue weighted by atomic mass is 10.2. The number of carbonyl (C=O) groups excluding carboxylic acids is 2. The van der Waals surface area contributed by atoms with E-state index in [2.05, 4.69) is 10.4 Å². The number of nitrogens with zero attached hydrogens (tertiary/aromatic N) is 2. The highest BCUT2D eigenvalue weighted by Gasteiger charge is 2.23. The summed E-state index contributed by atoms with van der Waals surface area (Å²) in [6.45, 7) is 1.85. The number of rotatable bonds is 8. The fourth-order valence-electron chi connectivity index (χ4n) is 2.81. The van der Waals surface area contributed by atoms with Gasteiger partial charge in [-0.05, 0) is 37.6 Å². The first-order valence-corrected chi connectivity index (χ1v) is 10.6. The topological polar surface area (TPSA) is 99.5 Å². The highest BCUT2D eigenvalue weighted by atomic mass is 35.5. The molecule has 0 unspecified atom stereocenters. The Morgan fingerprint density at radius 3 is 2.63 bits per heavy atom. The summed E-state index contributed by atoms with van der Waals surface area (Å²) in [4.78, 5) is 37.9. The minimum Gasteiger partial charge on any atom is -0.497 e. The van der Waals surface area contributed by atoms with Gasteiger partial charge in [0.15, 0.2) is 5.69 Å². The Balaban J connectivity index is 2.17. The zero-order chi connectivity index (χ0) is 21.7. The van der Waals surface area contributed by atoms with E-state index in [4.69, 9.17) is 21.1 Å². The zero-order valence-corrected chi connectivity index (χ0v) is 18.0. The van der Waals surface area contributed by atoms with Gasteiger partial charge in [0.1, 0.15) is 10.8 Å². The predicted octanol–water partition coefficient (Wildman–Crippen LogP) is 3.59. The molecule has 1 N–H and O–H groups in total. The number of amides is 1. The lowest BCUT2D eigenvalue weighted by molar-refractivity contribution is -0.116. The number of benzene rings is 1. The summed E-state index contributed by atoms with van der Waals surface area (Å²) < 4.78 is 11.4. The molecular formula is C20H20ClN3O5S. The molecule has 0 saturated heterocycles. The number of hydrogen-bond donors (Lipinski definition) is 1. The van der Waals surface area contributed by atoms with Crippen LogP contribution in [0.25, 0.3) is 16.5 Å². The summed E-state index contributed by atoms with van der Waals surface area (Å²) >= 11 is 6.80. The van der Waals surface area contributed by atoms with Crippen molar-refractivity contribution in [3.63, 3.8) is 0 Å². The molecule has 0 saturated carbocycles. The third-order valence-corrected chi connectivity index (χ3v) is 5.39. The van der Waals surface area contributed by atoms with Crippen LogP contribution in [-0.2, 0) is 9.53 Å². The molecule has 8 nitrogen and oxygen atoms in total. The van der Waals surface area contributed by atoms with E-state index in [9.17, 15) is 14.4 Å². The number of carbonyl (C=O) groups is 2. The van der Waals surface area contributed by atoms with E-state index in [1.807, 2.05) is 0 Å². The van der Waals surface area contributed by atoms with Crippen molar-refractivity contribution in [1.29, 1.82) is 0 Å². The van der Waals surface area contributed by atoms with Gasteiger partial charge in [0.05, 0.1) is 24.8 Å². The number of aromatic nitrogens is 2. The molecule has 0 fully saturated rings. The number of fused-ring (bicyclic) bond motifs is 1. The van der Waals surface area contributed by atoms with E-state index in [1.54, 1.807) is 36.6 Å². The molecule has 2 heterocycles. The van der Waals surface area contributed by atoms with Crippen molar-refractivity contribution < 1.29 is 19.1 Å². The van der Waals surface area contributed by atoms with Crippen LogP contribution in [0.2, 0.25) is 0 Å². The predicted molar refractivity (Wildman–Crippen MR) is 116 cm³/mol. The number of anilines is 1. The number of nitrogens with one attached hydrogen (secondary N) is 1. The van der Waals surface area contributed by atoms with E-state index in [1.165, 1.54) is 7.11 Å². The van der Waals surface area contributed by atoms with Crippen LogP contribution in [0.15, 0.2) is 34.4 Å². The number of thiophene rings is 1. The van der Waals surface area contributed by atoms with Crippen molar-refractivity contribution in [3.05, 3.63) is 45.7 Å². The molecule has 158 valence electrons. The van der Waals surface area contributed by atoms with Crippen LogP contribution in [0.1, 0.15) is 30.3 Å². The van der Waals surface area contributed by atoms with Gasteiger partial charge in [0.2, 0.25) is 5.91 Å². The first-order chi connectivity index (χ1) is 14.5. The van der Waals surface area contributed by atoms with Gasteiger partial charge in [0.25, 0.3) is 5.56 Å². The van der Waals surface area contributed by atoms with Crippen molar-refractivity contribution in [1.82, 2.24) is 9.78 Å². The minimum atomic E-state index is -0.650. The molecule has 3 aromatic rings. The van der Waals surface area contributed by atoms with Gasteiger partial charge in [0, 0.05) is 23.1 Å². The van der Waals surface area contributed by atoms with E-state index in [-0.39, 0.29) is 30.0 Å². The fourth-order valence-corrected chi connectivity index (χ4v) is 3.89. The Bertz CT molecular complexity index is 1120. The van der Waals surface area contributed by atoms with E-state index in [0.29, 0.717) is 34.1 Å². The summed E-state index contributed by atoms with van der Waals surface area (Å²) in [6, 6.07) is 6.67. The SMILES string of the molecule is CCOC(=O)c1nn(-c2ccc(OC)cc2)c(=O)c2c(NC(=O)CCCCl)scc12. The Kier molecular flexibility index (Phi) is 7.07. The van der Waals surface area contributed by atoms with Gasteiger partial charge in [-0.2, -0.15) is 9.78 Å². The average Bonchev–Trinajstić information content (AvgIpc) is 3.17. The lowest BCUT2D eigenvalue weighted by Gasteiger charge is -2.10. The molecule has 10 heteroatoms. The largest absolute Gasteiger partial charge is 0.497 e. The smallest absolute Gasteiger partial charge is 0.359 e. The molecule has 0 spiro atoms. The Hall–Kier alpha value is -2.91. The van der Waals surface area contributed by atoms with Gasteiger partial charge in [-0.25, -0.2) is 4.79 Å². The molecule has 0 radical (unpaired) electrons. The first kappa shape index (κ1) is 21.8. The van der Waals surface area contributed by atoms with Crippen molar-refractivity contribution in [3.8, 4) is 11.4 Å². The number of esters is 1. The van der Waals surface area contributed by atoms with Crippen LogP contribution < -0.4 is 15.6 Å². The molecule has 2 aromatic heterocycles. The van der Waals surface area contributed by atoms with Gasteiger partial charge < -0.3 is 14.8 Å². The molecule has 0 atom stereocenters. The molecule has 0 aliphatic carbocycles. The summed E-state index contributed by atoms with van der Waals surface area (Å²) in [5.74, 6) is 0.0629. The van der Waals surface area contributed by atoms with Gasteiger partial charge in [-0.3, -0.25) is 9.59 Å². The highest BCUT2D eigenvalue weighted by Crippen LogP contribution is 2.31. The van der Waals surface area contributed by atoms with Crippen molar-refractivity contribution in [2.24, 2.45) is 0 Å². The third-order valence-electron chi connectivity index (χ3n) is 4.23. The third kappa shape index (κ3) is 4.47. The Morgan fingerprint density at radius 1 is 1.27 bits per heavy atom. The van der Waals surface area contributed by atoms with Crippen LogP contribution >= 0.6 is 22.9 Å². The van der Waals surface area contributed by atoms with E-state index in [0.717, 1.165) is 16.0 Å². The van der Waals surface area contributed by atoms with E-state index < -0.39 is 11.5 Å². The Morgan fingerprint density at radius 2 is 2.00 bits per heavy atom. The molecule has 0 bridgehead atoms. The standard InChI is InChI=1S/C20H20ClN3O5S/c1-3-29-20(27)17-14-11-30-18(22-15(25)5-4-10-21)16(14)19(26)24(23-17)12-6-8-13(28-2)9-7-12/h6-9,11H,3-5,10H2,1-2H3,(H,22,25). The molecule has 1 amide bonds. The average molecular weight is 450 g/mol. The fraction of sp³-hybridized carbons (Fsp3) is 0.300. The van der Waals surface area contributed by atoms with Crippen molar-refractivity contribution in [2.45, 2.75) is 19.8 Å². The molecular weight excluding hydrogens is 430 g/mol. The van der Waals surface area contributed by atoms with Gasteiger partial charge in [-0.15, -0.1) is 22.9 Å². The molecule has 1 aromatic carbocycles. The molecule has 30 heavy (non-hydrogen) atoms. The molecule has 0 aliphatic rings. The number of methoxy groups -OCH3 is 1. The summed E-state index contributed by atoms with van der Waals surface area (Å²) in [7, 11) is 1.54. The first-order valence-electron chi connectivity index (χ1n) is 9.22. The van der Waals surface area contributed by atoms with Gasteiger partial charge in [-0.1, -0.05) is 0 Å². The van der Waals surface area contributed by atoms with Crippen LogP contribution in [0.3, 0.4) is 0 Å². The number of alkyl halides is 1. The highest BCUT2D eigenvalue weighted by molar-refractivity contribution is 7.16. The zero-order valence-electron chi connectivity index (χ0n) is 16.4. The lowest BCUT2D eigenvalue weighted by Crippen LogP contribution is -2.25. The minimum absolute atomic E-state index is 0.000208. The summed E-state index contributed by atoms with van der Waals surface area (Å²) in [5.41, 5.74) is -0.0178. The second kappa shape index (κ2) is 9.73. The molecule has 3 rings (SSSR count). The van der Waals surface area contributed by atoms with Crippen LogP contribution in [0, 0.1) is 0 Å². The normalized spacial score (nSPS) is 10.8. The monoisotopic (exact) mass is 449 g/mol. The van der Waals surface area contributed by atoms with Crippen molar-refractivity contribution >= 4 is 50.6 Å². The number of hydrogen-bond acceptors (Lipinski definition) is 7. The maximum absolute atomic E-state index is 13.2. The quantitative estimate of drug-likeness (QED) is 0.416. The van der Waals surface area contributed by atoms with Crippen LogP contribution in [0.5, 0.6) is 5.75 Å².